The first-order chi connectivity index (χ1) is 20.3. The Kier molecular flexibility index (Phi) is 9.95. The van der Waals surface area contributed by atoms with Crippen molar-refractivity contribution < 1.29 is 28.6 Å². The van der Waals surface area contributed by atoms with Crippen LogP contribution in [0.1, 0.15) is 88.1 Å². The zero-order valence-electron chi connectivity index (χ0n) is 26.1. The van der Waals surface area contributed by atoms with E-state index >= 15 is 0 Å². The minimum atomic E-state index is -0.685. The van der Waals surface area contributed by atoms with Gasteiger partial charge < -0.3 is 19.5 Å². The maximum absolute atomic E-state index is 12.6. The Labute approximate surface area is 254 Å². The zero-order valence-corrected chi connectivity index (χ0v) is 26.1. The Bertz CT molecular complexity index is 1390. The quantitative estimate of drug-likeness (QED) is 0.154. The molecule has 0 aromatic heterocycles. The lowest BCUT2D eigenvalue weighted by Crippen LogP contribution is -2.32. The minimum absolute atomic E-state index is 0.0218. The van der Waals surface area contributed by atoms with Crippen molar-refractivity contribution in [1.82, 2.24) is 5.32 Å². The maximum Gasteiger partial charge on any atom is 0.407 e. The summed E-state index contributed by atoms with van der Waals surface area (Å²) in [5.41, 5.74) is 7.90. The van der Waals surface area contributed by atoms with Crippen LogP contribution in [0.15, 0.2) is 66.7 Å². The number of fused-ring (bicyclic) bond motifs is 3. The van der Waals surface area contributed by atoms with Crippen LogP contribution in [0.25, 0.3) is 11.1 Å². The van der Waals surface area contributed by atoms with E-state index < -0.39 is 12.1 Å². The molecule has 0 unspecified atom stereocenters. The molecule has 0 radical (unpaired) electrons. The Morgan fingerprint density at radius 1 is 0.721 bits per heavy atom. The number of hydrogen-bond donors (Lipinski definition) is 1. The Hall–Kier alpha value is -4.13. The molecule has 3 aromatic rings. The van der Waals surface area contributed by atoms with Crippen molar-refractivity contribution in [1.29, 1.82) is 0 Å². The number of ether oxygens (including phenoxy) is 3. The van der Waals surface area contributed by atoms with E-state index in [1.54, 1.807) is 0 Å². The van der Waals surface area contributed by atoms with Crippen LogP contribution in [0.4, 0.5) is 4.79 Å². The van der Waals surface area contributed by atoms with Crippen LogP contribution in [-0.4, -0.2) is 37.8 Å². The van der Waals surface area contributed by atoms with Crippen LogP contribution in [-0.2, 0) is 41.2 Å². The highest BCUT2D eigenvalue weighted by Crippen LogP contribution is 2.47. The number of esters is 2. The number of hydrogen-bond acceptors (Lipinski definition) is 6. The highest BCUT2D eigenvalue weighted by Gasteiger charge is 2.32. The van der Waals surface area contributed by atoms with Crippen molar-refractivity contribution in [2.24, 2.45) is 0 Å². The van der Waals surface area contributed by atoms with Gasteiger partial charge in [-0.25, -0.2) is 4.79 Å². The number of carbonyl (C=O) groups is 3. The summed E-state index contributed by atoms with van der Waals surface area (Å²) in [5.74, 6) is -1.08. The fourth-order valence-corrected chi connectivity index (χ4v) is 5.09. The summed E-state index contributed by atoms with van der Waals surface area (Å²) in [4.78, 5) is 36.6. The van der Waals surface area contributed by atoms with Gasteiger partial charge in [0.05, 0.1) is 6.61 Å². The van der Waals surface area contributed by atoms with Gasteiger partial charge in [0, 0.05) is 12.3 Å². The molecular weight excluding hydrogens is 542 g/mol. The molecule has 0 heterocycles. The number of carbonyl (C=O) groups excluding carboxylic acids is 3. The third kappa shape index (κ3) is 8.46. The largest absolute Gasteiger partial charge is 0.464 e. The monoisotopic (exact) mass is 585 g/mol. The van der Waals surface area contributed by atoms with E-state index in [9.17, 15) is 14.4 Å². The lowest BCUT2D eigenvalue weighted by molar-refractivity contribution is -0.147. The molecule has 4 rings (SSSR count). The highest BCUT2D eigenvalue weighted by atomic mass is 16.6. The third-order valence-corrected chi connectivity index (χ3v) is 7.67. The molecule has 0 aliphatic heterocycles. The van der Waals surface area contributed by atoms with E-state index in [0.717, 1.165) is 27.8 Å². The van der Waals surface area contributed by atoms with Crippen LogP contribution >= 0.6 is 0 Å². The molecule has 7 heteroatoms. The molecule has 43 heavy (non-hydrogen) atoms. The zero-order chi connectivity index (χ0) is 31.2. The highest BCUT2D eigenvalue weighted by molar-refractivity contribution is 5.81. The predicted molar refractivity (Wildman–Crippen MR) is 167 cm³/mol. The average molecular weight is 586 g/mol. The Balaban J connectivity index is 1.27. The molecule has 7 nitrogen and oxygen atoms in total. The van der Waals surface area contributed by atoms with Crippen molar-refractivity contribution in [3.05, 3.63) is 94.5 Å². The summed E-state index contributed by atoms with van der Waals surface area (Å²) in [7, 11) is 0. The second kappa shape index (κ2) is 13.4. The Morgan fingerprint density at radius 2 is 1.30 bits per heavy atom. The van der Waals surface area contributed by atoms with Crippen LogP contribution < -0.4 is 5.32 Å². The summed E-state index contributed by atoms with van der Waals surface area (Å²) in [6.45, 7) is 13.2. The fourth-order valence-electron chi connectivity index (χ4n) is 5.09. The standard InChI is InChI=1S/C36H43NO6/c1-35(2,3)25-14-16-27-28-17-15-26(36(4,5)6)20-30(28)31(29(27)19-25)23-43-34(40)37-21-33(39)41-18-10-13-32(38)42-22-24-11-8-7-9-12-24/h7-9,11-12,14-17,19-20,31H,10,13,18,21-23H2,1-6H3,(H,37,40). The van der Waals surface area contributed by atoms with Crippen molar-refractivity contribution in [2.45, 2.75) is 77.7 Å². The normalized spacial score (nSPS) is 12.7. The molecule has 1 amide bonds. The third-order valence-electron chi connectivity index (χ3n) is 7.67. The molecule has 1 N–H and O–H groups in total. The van der Waals surface area contributed by atoms with Gasteiger partial charge >= 0.3 is 18.0 Å². The van der Waals surface area contributed by atoms with Crippen LogP contribution in [0, 0.1) is 0 Å². The van der Waals surface area contributed by atoms with Gasteiger partial charge in [-0.1, -0.05) is 108 Å². The van der Waals surface area contributed by atoms with Gasteiger partial charge in [-0.2, -0.15) is 0 Å². The molecule has 1 aliphatic rings. The number of alkyl carbamates (subject to hydrolysis) is 1. The lowest BCUT2D eigenvalue weighted by atomic mass is 9.83. The molecule has 0 bridgehead atoms. The van der Waals surface area contributed by atoms with Gasteiger partial charge in [0.25, 0.3) is 0 Å². The average Bonchev–Trinajstić information content (AvgIpc) is 3.28. The topological polar surface area (TPSA) is 90.9 Å². The van der Waals surface area contributed by atoms with Crippen LogP contribution in [0.3, 0.4) is 0 Å². The first-order valence-corrected chi connectivity index (χ1v) is 14.9. The maximum atomic E-state index is 12.6. The smallest absolute Gasteiger partial charge is 0.407 e. The second-order valence-corrected chi connectivity index (χ2v) is 13.1. The molecule has 0 spiro atoms. The van der Waals surface area contributed by atoms with Gasteiger partial charge in [0.2, 0.25) is 0 Å². The lowest BCUT2D eigenvalue weighted by Gasteiger charge is -2.22. The second-order valence-electron chi connectivity index (χ2n) is 13.1. The number of nitrogens with one attached hydrogen (secondary N) is 1. The molecule has 0 saturated carbocycles. The summed E-state index contributed by atoms with van der Waals surface area (Å²) < 4.78 is 16.0. The first kappa shape index (κ1) is 31.8. The molecule has 0 atom stereocenters. The van der Waals surface area contributed by atoms with Crippen molar-refractivity contribution in [2.75, 3.05) is 19.8 Å². The van der Waals surface area contributed by atoms with Gasteiger partial charge in [-0.15, -0.1) is 0 Å². The van der Waals surface area contributed by atoms with E-state index in [-0.39, 0.29) is 55.5 Å². The SMILES string of the molecule is CC(C)(C)c1ccc2c(c1)C(COC(=O)NCC(=O)OCCCC(=O)OCc1ccccc1)c1cc(C(C)(C)C)ccc1-2. The van der Waals surface area contributed by atoms with Gasteiger partial charge in [0.1, 0.15) is 19.8 Å². The van der Waals surface area contributed by atoms with Gasteiger partial charge in [0.15, 0.2) is 0 Å². The van der Waals surface area contributed by atoms with Gasteiger partial charge in [-0.05, 0) is 56.2 Å². The first-order valence-electron chi connectivity index (χ1n) is 14.9. The molecule has 1 aliphatic carbocycles. The summed E-state index contributed by atoms with van der Waals surface area (Å²) in [6.07, 6.45) is -0.221. The molecular formula is C36H43NO6. The van der Waals surface area contributed by atoms with Crippen LogP contribution in [0.2, 0.25) is 0 Å². The van der Waals surface area contributed by atoms with E-state index in [1.165, 1.54) is 11.1 Å². The number of rotatable bonds is 10. The predicted octanol–water partition coefficient (Wildman–Crippen LogP) is 7.19. The van der Waals surface area contributed by atoms with Gasteiger partial charge in [-0.3, -0.25) is 9.59 Å². The summed E-state index contributed by atoms with van der Waals surface area (Å²) in [6, 6.07) is 22.6. The summed E-state index contributed by atoms with van der Waals surface area (Å²) >= 11 is 0. The van der Waals surface area contributed by atoms with E-state index in [2.05, 4.69) is 83.3 Å². The molecule has 228 valence electrons. The number of amides is 1. The number of benzene rings is 3. The van der Waals surface area contributed by atoms with Crippen molar-refractivity contribution in [3.8, 4) is 11.1 Å². The Morgan fingerprint density at radius 3 is 1.86 bits per heavy atom. The summed E-state index contributed by atoms with van der Waals surface area (Å²) in [5, 5.41) is 2.49. The van der Waals surface area contributed by atoms with E-state index in [4.69, 9.17) is 14.2 Å². The fraction of sp³-hybridized carbons (Fsp3) is 0.417. The van der Waals surface area contributed by atoms with E-state index in [0.29, 0.717) is 6.42 Å². The van der Waals surface area contributed by atoms with E-state index in [1.807, 2.05) is 30.3 Å². The van der Waals surface area contributed by atoms with Crippen molar-refractivity contribution >= 4 is 18.0 Å². The minimum Gasteiger partial charge on any atom is -0.464 e. The molecule has 0 fully saturated rings. The van der Waals surface area contributed by atoms with Crippen LogP contribution in [0.5, 0.6) is 0 Å². The molecule has 0 saturated heterocycles. The van der Waals surface area contributed by atoms with Crippen molar-refractivity contribution in [3.63, 3.8) is 0 Å². The molecule has 3 aromatic carbocycles.